The number of anilines is 1. The normalized spacial score (nSPS) is 10.4. The number of nitrogen functional groups attached to an aromatic ring is 1. The van der Waals surface area contributed by atoms with Gasteiger partial charge in [0.15, 0.2) is 0 Å². The van der Waals surface area contributed by atoms with Gasteiger partial charge in [-0.05, 0) is 54.8 Å². The molecular formula is C15H16ClNO. The third kappa shape index (κ3) is 2.96. The minimum atomic E-state index is 0.503. The van der Waals surface area contributed by atoms with Gasteiger partial charge in [0.05, 0.1) is 0 Å². The van der Waals surface area contributed by atoms with Crippen molar-refractivity contribution >= 4 is 17.3 Å². The van der Waals surface area contributed by atoms with Gasteiger partial charge in [-0.25, -0.2) is 0 Å². The first-order valence-corrected chi connectivity index (χ1v) is 6.18. The van der Waals surface area contributed by atoms with Crippen LogP contribution >= 0.6 is 11.6 Å². The van der Waals surface area contributed by atoms with Gasteiger partial charge in [-0.15, -0.1) is 0 Å². The maximum atomic E-state index is 5.93. The molecule has 18 heavy (non-hydrogen) atoms. The summed E-state index contributed by atoms with van der Waals surface area (Å²) in [6, 6.07) is 11.6. The van der Waals surface area contributed by atoms with Gasteiger partial charge < -0.3 is 10.5 Å². The summed E-state index contributed by atoms with van der Waals surface area (Å²) in [4.78, 5) is 0. The summed E-state index contributed by atoms with van der Waals surface area (Å²) >= 11 is 5.93. The van der Waals surface area contributed by atoms with Gasteiger partial charge in [-0.3, -0.25) is 0 Å². The highest BCUT2D eigenvalue weighted by molar-refractivity contribution is 6.30. The molecule has 0 radical (unpaired) electrons. The van der Waals surface area contributed by atoms with E-state index in [1.807, 2.05) is 50.2 Å². The summed E-state index contributed by atoms with van der Waals surface area (Å²) in [5, 5.41) is 0.723. The first-order chi connectivity index (χ1) is 8.56. The largest absolute Gasteiger partial charge is 0.489 e. The summed E-state index contributed by atoms with van der Waals surface area (Å²) in [6.07, 6.45) is 0. The van der Waals surface area contributed by atoms with Crippen LogP contribution in [0.2, 0.25) is 5.02 Å². The third-order valence-corrected chi connectivity index (χ3v) is 3.10. The smallest absolute Gasteiger partial charge is 0.120 e. The van der Waals surface area contributed by atoms with Gasteiger partial charge in [0.1, 0.15) is 12.4 Å². The average molecular weight is 262 g/mol. The molecule has 0 aliphatic carbocycles. The standard InChI is InChI=1S/C15H16ClNO/c1-10-6-14(7-11(2)15(10)17)18-9-12-4-3-5-13(16)8-12/h3-8H,9,17H2,1-2H3. The van der Waals surface area contributed by atoms with E-state index in [1.54, 1.807) is 0 Å². The van der Waals surface area contributed by atoms with E-state index in [2.05, 4.69) is 0 Å². The zero-order valence-corrected chi connectivity index (χ0v) is 11.3. The highest BCUT2D eigenvalue weighted by Crippen LogP contribution is 2.24. The molecule has 0 aromatic heterocycles. The first-order valence-electron chi connectivity index (χ1n) is 5.80. The fraction of sp³-hybridized carbons (Fsp3) is 0.200. The van der Waals surface area contributed by atoms with Crippen molar-refractivity contribution in [3.8, 4) is 5.75 Å². The van der Waals surface area contributed by atoms with E-state index in [4.69, 9.17) is 22.1 Å². The van der Waals surface area contributed by atoms with Gasteiger partial charge in [0.25, 0.3) is 0 Å². The van der Waals surface area contributed by atoms with Gasteiger partial charge in [0.2, 0.25) is 0 Å². The van der Waals surface area contributed by atoms with E-state index in [0.29, 0.717) is 6.61 Å². The Morgan fingerprint density at radius 3 is 2.39 bits per heavy atom. The molecule has 2 aromatic rings. The predicted molar refractivity (Wildman–Crippen MR) is 76.1 cm³/mol. The van der Waals surface area contributed by atoms with Gasteiger partial charge >= 0.3 is 0 Å². The Balaban J connectivity index is 2.11. The van der Waals surface area contributed by atoms with Crippen LogP contribution in [0.1, 0.15) is 16.7 Å². The average Bonchev–Trinajstić information content (AvgIpc) is 2.33. The lowest BCUT2D eigenvalue weighted by Crippen LogP contribution is -1.98. The number of aryl methyl sites for hydroxylation is 2. The molecule has 3 heteroatoms. The van der Waals surface area contributed by atoms with Crippen LogP contribution in [0.4, 0.5) is 5.69 Å². The van der Waals surface area contributed by atoms with Crippen LogP contribution in [-0.2, 0) is 6.61 Å². The summed E-state index contributed by atoms with van der Waals surface area (Å²) < 4.78 is 5.75. The predicted octanol–water partition coefficient (Wildman–Crippen LogP) is 4.12. The molecular weight excluding hydrogens is 246 g/mol. The number of ether oxygens (including phenoxy) is 1. The van der Waals surface area contributed by atoms with Crippen molar-refractivity contribution in [3.63, 3.8) is 0 Å². The van der Waals surface area contributed by atoms with Gasteiger partial charge in [-0.1, -0.05) is 23.7 Å². The molecule has 2 aromatic carbocycles. The summed E-state index contributed by atoms with van der Waals surface area (Å²) in [7, 11) is 0. The van der Waals surface area contributed by atoms with E-state index >= 15 is 0 Å². The monoisotopic (exact) mass is 261 g/mol. The fourth-order valence-corrected chi connectivity index (χ4v) is 2.02. The van der Waals surface area contributed by atoms with Crippen LogP contribution < -0.4 is 10.5 Å². The molecule has 0 aliphatic rings. The number of hydrogen-bond acceptors (Lipinski definition) is 2. The van der Waals surface area contributed by atoms with Crippen LogP contribution in [0.15, 0.2) is 36.4 Å². The first kappa shape index (κ1) is 12.8. The summed E-state index contributed by atoms with van der Waals surface area (Å²) in [5.74, 6) is 0.833. The van der Waals surface area contributed by atoms with Crippen molar-refractivity contribution in [1.82, 2.24) is 0 Å². The van der Waals surface area contributed by atoms with Crippen molar-refractivity contribution in [2.45, 2.75) is 20.5 Å². The number of hydrogen-bond donors (Lipinski definition) is 1. The Morgan fingerprint density at radius 1 is 1.11 bits per heavy atom. The maximum absolute atomic E-state index is 5.93. The van der Waals surface area contributed by atoms with Crippen molar-refractivity contribution in [2.24, 2.45) is 0 Å². The topological polar surface area (TPSA) is 35.2 Å². The highest BCUT2D eigenvalue weighted by atomic mass is 35.5. The fourth-order valence-electron chi connectivity index (χ4n) is 1.81. The molecule has 0 bridgehead atoms. The maximum Gasteiger partial charge on any atom is 0.120 e. The minimum Gasteiger partial charge on any atom is -0.489 e. The zero-order valence-electron chi connectivity index (χ0n) is 10.5. The number of nitrogens with two attached hydrogens (primary N) is 1. The lowest BCUT2D eigenvalue weighted by molar-refractivity contribution is 0.306. The Morgan fingerprint density at radius 2 is 1.78 bits per heavy atom. The second-order valence-corrected chi connectivity index (χ2v) is 4.83. The number of halogens is 1. The quantitative estimate of drug-likeness (QED) is 0.844. The van der Waals surface area contributed by atoms with Gasteiger partial charge in [0, 0.05) is 10.7 Å². The number of rotatable bonds is 3. The lowest BCUT2D eigenvalue weighted by Gasteiger charge is -2.11. The van der Waals surface area contributed by atoms with E-state index in [1.165, 1.54) is 0 Å². The molecule has 0 unspecified atom stereocenters. The molecule has 0 heterocycles. The molecule has 0 atom stereocenters. The molecule has 0 saturated carbocycles. The molecule has 0 saturated heterocycles. The van der Waals surface area contributed by atoms with Crippen LogP contribution in [0.25, 0.3) is 0 Å². The van der Waals surface area contributed by atoms with E-state index in [9.17, 15) is 0 Å². The molecule has 0 aliphatic heterocycles. The second kappa shape index (κ2) is 5.32. The Kier molecular flexibility index (Phi) is 3.78. The van der Waals surface area contributed by atoms with Crippen molar-refractivity contribution < 1.29 is 4.74 Å². The Bertz CT molecular complexity index is 543. The Hall–Kier alpha value is -1.67. The van der Waals surface area contributed by atoms with Crippen LogP contribution in [0.5, 0.6) is 5.75 Å². The van der Waals surface area contributed by atoms with Crippen LogP contribution in [0.3, 0.4) is 0 Å². The van der Waals surface area contributed by atoms with Gasteiger partial charge in [-0.2, -0.15) is 0 Å². The zero-order chi connectivity index (χ0) is 13.1. The van der Waals surface area contributed by atoms with E-state index < -0.39 is 0 Å². The molecule has 94 valence electrons. The molecule has 0 spiro atoms. The molecule has 2 N–H and O–H groups in total. The van der Waals surface area contributed by atoms with Crippen LogP contribution in [-0.4, -0.2) is 0 Å². The molecule has 2 rings (SSSR count). The number of benzene rings is 2. The SMILES string of the molecule is Cc1cc(OCc2cccc(Cl)c2)cc(C)c1N. The van der Waals surface area contributed by atoms with Crippen molar-refractivity contribution in [3.05, 3.63) is 58.1 Å². The Labute approximate surface area is 112 Å². The molecule has 0 fully saturated rings. The van der Waals surface area contributed by atoms with E-state index in [-0.39, 0.29) is 0 Å². The molecule has 2 nitrogen and oxygen atoms in total. The molecule has 0 amide bonds. The van der Waals surface area contributed by atoms with Crippen LogP contribution in [0, 0.1) is 13.8 Å². The van der Waals surface area contributed by atoms with E-state index in [0.717, 1.165) is 33.1 Å². The third-order valence-electron chi connectivity index (χ3n) is 2.86. The second-order valence-electron chi connectivity index (χ2n) is 4.39. The van der Waals surface area contributed by atoms with Crippen molar-refractivity contribution in [2.75, 3.05) is 5.73 Å². The minimum absolute atomic E-state index is 0.503. The lowest BCUT2D eigenvalue weighted by atomic mass is 10.1. The summed E-state index contributed by atoms with van der Waals surface area (Å²) in [5.41, 5.74) is 9.86. The van der Waals surface area contributed by atoms with Crippen molar-refractivity contribution in [1.29, 1.82) is 0 Å². The summed E-state index contributed by atoms with van der Waals surface area (Å²) in [6.45, 7) is 4.46. The highest BCUT2D eigenvalue weighted by Gasteiger charge is 2.03.